The fourth-order valence-corrected chi connectivity index (χ4v) is 1.81. The lowest BCUT2D eigenvalue weighted by Crippen LogP contribution is -2.42. The molecule has 1 aromatic carbocycles. The number of hydrogen-bond donors (Lipinski definition) is 3. The monoisotopic (exact) mass is 311 g/mol. The molecule has 6 nitrogen and oxygen atoms in total. The molecular formula is C13H11ClFN3O3. The van der Waals surface area contributed by atoms with Crippen LogP contribution in [-0.4, -0.2) is 33.0 Å². The van der Waals surface area contributed by atoms with Crippen LogP contribution in [0.2, 0.25) is 5.02 Å². The van der Waals surface area contributed by atoms with Crippen LogP contribution in [0.4, 0.5) is 4.39 Å². The summed E-state index contributed by atoms with van der Waals surface area (Å²) >= 11 is 5.52. The normalized spacial score (nSPS) is 11.9. The molecular weight excluding hydrogens is 301 g/mol. The predicted octanol–water partition coefficient (Wildman–Crippen LogP) is 1.63. The maximum absolute atomic E-state index is 13.3. The van der Waals surface area contributed by atoms with E-state index in [-0.39, 0.29) is 17.0 Å². The zero-order valence-corrected chi connectivity index (χ0v) is 11.4. The van der Waals surface area contributed by atoms with Crippen LogP contribution in [0.3, 0.4) is 0 Å². The van der Waals surface area contributed by atoms with Gasteiger partial charge in [-0.25, -0.2) is 14.2 Å². The molecule has 0 aliphatic heterocycles. The molecule has 2 rings (SSSR count). The number of carboxylic acids is 1. The van der Waals surface area contributed by atoms with Gasteiger partial charge in [-0.15, -0.1) is 0 Å². The summed E-state index contributed by atoms with van der Waals surface area (Å²) in [6, 6.07) is 2.34. The Morgan fingerprint density at radius 2 is 2.24 bits per heavy atom. The SMILES string of the molecule is O=C(N[C@H](Cc1cnc[nH]1)C(=O)O)c1ccc(Cl)c(F)c1. The second-order valence-electron chi connectivity index (χ2n) is 4.27. The van der Waals surface area contributed by atoms with Crippen molar-refractivity contribution in [2.24, 2.45) is 0 Å². The number of nitrogens with zero attached hydrogens (tertiary/aromatic N) is 1. The van der Waals surface area contributed by atoms with Gasteiger partial charge in [0, 0.05) is 23.9 Å². The predicted molar refractivity (Wildman–Crippen MR) is 72.6 cm³/mol. The molecule has 2 aromatic rings. The van der Waals surface area contributed by atoms with E-state index in [0.717, 1.165) is 6.07 Å². The summed E-state index contributed by atoms with van der Waals surface area (Å²) in [5, 5.41) is 11.3. The van der Waals surface area contributed by atoms with Crippen LogP contribution in [-0.2, 0) is 11.2 Å². The molecule has 0 aliphatic rings. The summed E-state index contributed by atoms with van der Waals surface area (Å²) in [5.74, 6) is -2.64. The standard InChI is InChI=1S/C13H11ClFN3O3/c14-9-2-1-7(3-10(9)15)12(19)18-11(13(20)21)4-8-5-16-6-17-8/h1-3,5-6,11H,4H2,(H,16,17)(H,18,19)(H,20,21)/t11-/m1/s1. The minimum atomic E-state index is -1.20. The van der Waals surface area contributed by atoms with Crippen LogP contribution >= 0.6 is 11.6 Å². The third-order valence-electron chi connectivity index (χ3n) is 2.76. The maximum atomic E-state index is 13.3. The number of nitrogens with one attached hydrogen (secondary N) is 2. The van der Waals surface area contributed by atoms with Gasteiger partial charge in [-0.3, -0.25) is 4.79 Å². The molecule has 21 heavy (non-hydrogen) atoms. The number of rotatable bonds is 5. The number of carbonyl (C=O) groups excluding carboxylic acids is 1. The number of aromatic amines is 1. The van der Waals surface area contributed by atoms with E-state index in [2.05, 4.69) is 15.3 Å². The molecule has 0 aliphatic carbocycles. The zero-order chi connectivity index (χ0) is 15.4. The number of H-pyrrole nitrogens is 1. The van der Waals surface area contributed by atoms with Gasteiger partial charge in [-0.05, 0) is 18.2 Å². The van der Waals surface area contributed by atoms with Crippen LogP contribution < -0.4 is 5.32 Å². The average molecular weight is 312 g/mol. The lowest BCUT2D eigenvalue weighted by Gasteiger charge is -2.13. The van der Waals surface area contributed by atoms with Crippen LogP contribution in [0.25, 0.3) is 0 Å². The highest BCUT2D eigenvalue weighted by Gasteiger charge is 2.22. The van der Waals surface area contributed by atoms with Gasteiger partial charge in [0.15, 0.2) is 0 Å². The summed E-state index contributed by atoms with van der Waals surface area (Å²) in [6.45, 7) is 0. The topological polar surface area (TPSA) is 95.1 Å². The third kappa shape index (κ3) is 3.79. The number of carboxylic acid groups (broad SMARTS) is 1. The molecule has 0 fully saturated rings. The molecule has 0 radical (unpaired) electrons. The number of aromatic nitrogens is 2. The Morgan fingerprint density at radius 1 is 1.48 bits per heavy atom. The van der Waals surface area contributed by atoms with Gasteiger partial charge in [-0.2, -0.15) is 0 Å². The zero-order valence-electron chi connectivity index (χ0n) is 10.6. The van der Waals surface area contributed by atoms with Crippen molar-refractivity contribution in [2.75, 3.05) is 0 Å². The van der Waals surface area contributed by atoms with Crippen molar-refractivity contribution >= 4 is 23.5 Å². The molecule has 1 atom stereocenters. The van der Waals surface area contributed by atoms with Gasteiger partial charge in [0.05, 0.1) is 11.3 Å². The van der Waals surface area contributed by atoms with E-state index in [9.17, 15) is 14.0 Å². The largest absolute Gasteiger partial charge is 0.480 e. The van der Waals surface area contributed by atoms with Gasteiger partial charge in [0.1, 0.15) is 11.9 Å². The van der Waals surface area contributed by atoms with E-state index >= 15 is 0 Å². The third-order valence-corrected chi connectivity index (χ3v) is 3.07. The van der Waals surface area contributed by atoms with Gasteiger partial charge >= 0.3 is 5.97 Å². The molecule has 1 heterocycles. The van der Waals surface area contributed by atoms with E-state index in [1.54, 1.807) is 0 Å². The van der Waals surface area contributed by atoms with Gasteiger partial charge < -0.3 is 15.4 Å². The summed E-state index contributed by atoms with van der Waals surface area (Å²) < 4.78 is 13.3. The molecule has 0 saturated heterocycles. The number of carbonyl (C=O) groups is 2. The smallest absolute Gasteiger partial charge is 0.326 e. The first kappa shape index (κ1) is 15.0. The number of benzene rings is 1. The first-order chi connectivity index (χ1) is 9.97. The van der Waals surface area contributed by atoms with E-state index < -0.39 is 23.7 Å². The number of hydrogen-bond acceptors (Lipinski definition) is 3. The number of aliphatic carboxylic acids is 1. The summed E-state index contributed by atoms with van der Waals surface area (Å²) in [6.07, 6.45) is 2.91. The molecule has 0 unspecified atom stereocenters. The second kappa shape index (κ2) is 6.36. The van der Waals surface area contributed by atoms with Crippen molar-refractivity contribution in [1.82, 2.24) is 15.3 Å². The van der Waals surface area contributed by atoms with Gasteiger partial charge in [-0.1, -0.05) is 11.6 Å². The van der Waals surface area contributed by atoms with E-state index in [4.69, 9.17) is 16.7 Å². The Labute approximate surface area is 124 Å². The minimum Gasteiger partial charge on any atom is -0.480 e. The molecule has 3 N–H and O–H groups in total. The van der Waals surface area contributed by atoms with Crippen LogP contribution in [0.1, 0.15) is 16.1 Å². The van der Waals surface area contributed by atoms with E-state index in [1.807, 2.05) is 0 Å². The van der Waals surface area contributed by atoms with Crippen LogP contribution in [0.5, 0.6) is 0 Å². The van der Waals surface area contributed by atoms with E-state index in [0.29, 0.717) is 5.69 Å². The van der Waals surface area contributed by atoms with Gasteiger partial charge in [0.2, 0.25) is 0 Å². The first-order valence-corrected chi connectivity index (χ1v) is 6.31. The number of imidazole rings is 1. The van der Waals surface area contributed by atoms with Crippen molar-refractivity contribution < 1.29 is 19.1 Å². The minimum absolute atomic E-state index is 0.00670. The molecule has 0 spiro atoms. The van der Waals surface area contributed by atoms with Crippen molar-refractivity contribution in [2.45, 2.75) is 12.5 Å². The highest BCUT2D eigenvalue weighted by atomic mass is 35.5. The highest BCUT2D eigenvalue weighted by molar-refractivity contribution is 6.30. The number of amides is 1. The van der Waals surface area contributed by atoms with E-state index in [1.165, 1.54) is 24.7 Å². The number of halogens is 2. The van der Waals surface area contributed by atoms with Crippen molar-refractivity contribution in [3.63, 3.8) is 0 Å². The molecule has 1 aromatic heterocycles. The quantitative estimate of drug-likeness (QED) is 0.782. The van der Waals surface area contributed by atoms with Crippen LogP contribution in [0, 0.1) is 5.82 Å². The van der Waals surface area contributed by atoms with Crippen molar-refractivity contribution in [1.29, 1.82) is 0 Å². The fraction of sp³-hybridized carbons (Fsp3) is 0.154. The van der Waals surface area contributed by atoms with Gasteiger partial charge in [0.25, 0.3) is 5.91 Å². The Bertz CT molecular complexity index is 661. The first-order valence-electron chi connectivity index (χ1n) is 5.93. The van der Waals surface area contributed by atoms with Crippen molar-refractivity contribution in [3.05, 3.63) is 52.8 Å². The Hall–Kier alpha value is -2.41. The molecule has 0 bridgehead atoms. The second-order valence-corrected chi connectivity index (χ2v) is 4.68. The molecule has 1 amide bonds. The fourth-order valence-electron chi connectivity index (χ4n) is 1.70. The Morgan fingerprint density at radius 3 is 2.81 bits per heavy atom. The Balaban J connectivity index is 2.10. The Kier molecular flexibility index (Phi) is 4.54. The lowest BCUT2D eigenvalue weighted by molar-refractivity contribution is -0.139. The molecule has 110 valence electrons. The van der Waals surface area contributed by atoms with Crippen LogP contribution in [0.15, 0.2) is 30.7 Å². The maximum Gasteiger partial charge on any atom is 0.326 e. The lowest BCUT2D eigenvalue weighted by atomic mass is 10.1. The highest BCUT2D eigenvalue weighted by Crippen LogP contribution is 2.15. The van der Waals surface area contributed by atoms with Crippen molar-refractivity contribution in [3.8, 4) is 0 Å². The summed E-state index contributed by atoms with van der Waals surface area (Å²) in [7, 11) is 0. The average Bonchev–Trinajstić information content (AvgIpc) is 2.93. The molecule has 8 heteroatoms. The molecule has 0 saturated carbocycles. The summed E-state index contributed by atoms with van der Waals surface area (Å²) in [4.78, 5) is 29.6. The summed E-state index contributed by atoms with van der Waals surface area (Å²) in [5.41, 5.74) is 0.553.